The molecule has 1 aromatic heterocycles. The fourth-order valence-electron chi connectivity index (χ4n) is 2.52. The Hall–Kier alpha value is -1.75. The van der Waals surface area contributed by atoms with E-state index < -0.39 is 11.2 Å². The third-order valence-corrected chi connectivity index (χ3v) is 6.57. The first-order chi connectivity index (χ1) is 13.5. The van der Waals surface area contributed by atoms with Gasteiger partial charge in [0.15, 0.2) is 16.3 Å². The third kappa shape index (κ3) is 5.19. The second-order valence-electron chi connectivity index (χ2n) is 6.47. The van der Waals surface area contributed by atoms with Gasteiger partial charge in [-0.05, 0) is 37.0 Å². The van der Waals surface area contributed by atoms with Gasteiger partial charge in [-0.3, -0.25) is 4.72 Å². The van der Waals surface area contributed by atoms with Crippen molar-refractivity contribution in [2.24, 2.45) is 0 Å². The number of nitrogens with one attached hydrogen (secondary N) is 2. The molecule has 0 aliphatic carbocycles. The predicted octanol–water partition coefficient (Wildman–Crippen LogP) is 2.63. The van der Waals surface area contributed by atoms with Gasteiger partial charge in [-0.25, -0.2) is 22.9 Å². The number of rotatable bonds is 9. The molecular weight excluding hydrogens is 401 g/mol. The van der Waals surface area contributed by atoms with Gasteiger partial charge in [0.05, 0.1) is 6.61 Å². The van der Waals surface area contributed by atoms with Crippen LogP contribution in [0.1, 0.15) is 23.1 Å². The summed E-state index contributed by atoms with van der Waals surface area (Å²) in [6, 6.07) is 5.32. The molecule has 10 heteroatoms. The van der Waals surface area contributed by atoms with Gasteiger partial charge in [0.2, 0.25) is 0 Å². The average Bonchev–Trinajstić information content (AvgIpc) is 2.62. The quantitative estimate of drug-likeness (QED) is 0.423. The highest BCUT2D eigenvalue weighted by Crippen LogP contribution is 2.26. The number of aryl methyl sites for hydroxylation is 1. The lowest BCUT2D eigenvalue weighted by Crippen LogP contribution is -2.41. The van der Waals surface area contributed by atoms with Crippen LogP contribution in [0.2, 0.25) is 0 Å². The SMILES string of the molecule is Cc1ccc(CSc2nc(NCCO)cc(NS(=O)N3CCC3)n2)c(F)c1C. The Morgan fingerprint density at radius 1 is 1.29 bits per heavy atom. The summed E-state index contributed by atoms with van der Waals surface area (Å²) >= 11 is -0.0519. The zero-order valence-corrected chi connectivity index (χ0v) is 17.5. The molecule has 0 saturated carbocycles. The fraction of sp³-hybridized carbons (Fsp3) is 0.444. The van der Waals surface area contributed by atoms with Crippen LogP contribution >= 0.6 is 11.8 Å². The molecule has 1 unspecified atom stereocenters. The van der Waals surface area contributed by atoms with Crippen molar-refractivity contribution in [1.82, 2.24) is 14.3 Å². The Kier molecular flexibility index (Phi) is 7.22. The Morgan fingerprint density at radius 2 is 2.04 bits per heavy atom. The molecule has 2 aromatic rings. The van der Waals surface area contributed by atoms with Crippen LogP contribution in [-0.4, -0.2) is 49.8 Å². The predicted molar refractivity (Wildman–Crippen MR) is 111 cm³/mol. The molecule has 0 bridgehead atoms. The van der Waals surface area contributed by atoms with Crippen LogP contribution in [0, 0.1) is 19.7 Å². The molecule has 1 aliphatic heterocycles. The van der Waals surface area contributed by atoms with E-state index in [9.17, 15) is 8.60 Å². The van der Waals surface area contributed by atoms with Gasteiger partial charge >= 0.3 is 0 Å². The van der Waals surface area contributed by atoms with Crippen LogP contribution in [0.4, 0.5) is 16.0 Å². The lowest BCUT2D eigenvalue weighted by molar-refractivity contribution is 0.311. The first-order valence-electron chi connectivity index (χ1n) is 9.02. The highest BCUT2D eigenvalue weighted by atomic mass is 32.2. The number of aliphatic hydroxyl groups excluding tert-OH is 1. The molecule has 2 heterocycles. The summed E-state index contributed by atoms with van der Waals surface area (Å²) in [5.41, 5.74) is 2.14. The van der Waals surface area contributed by atoms with Crippen LogP contribution in [-0.2, 0) is 16.9 Å². The third-order valence-electron chi connectivity index (χ3n) is 4.46. The van der Waals surface area contributed by atoms with Crippen molar-refractivity contribution in [3.63, 3.8) is 0 Å². The Morgan fingerprint density at radius 3 is 2.71 bits per heavy atom. The summed E-state index contributed by atoms with van der Waals surface area (Å²) in [6.45, 7) is 5.51. The first-order valence-corrected chi connectivity index (χ1v) is 11.1. The maximum Gasteiger partial charge on any atom is 0.197 e. The number of thioether (sulfide) groups is 1. The molecule has 28 heavy (non-hydrogen) atoms. The number of aromatic nitrogens is 2. The fourth-order valence-corrected chi connectivity index (χ4v) is 4.35. The van der Waals surface area contributed by atoms with Crippen molar-refractivity contribution in [3.05, 3.63) is 40.7 Å². The van der Waals surface area contributed by atoms with Gasteiger partial charge in [-0.1, -0.05) is 23.9 Å². The van der Waals surface area contributed by atoms with Crippen molar-refractivity contribution in [3.8, 4) is 0 Å². The van der Waals surface area contributed by atoms with Crippen molar-refractivity contribution in [1.29, 1.82) is 0 Å². The van der Waals surface area contributed by atoms with E-state index in [-0.39, 0.29) is 12.4 Å². The number of hydrogen-bond acceptors (Lipinski definition) is 6. The number of nitrogens with zero attached hydrogens (tertiary/aromatic N) is 3. The van der Waals surface area contributed by atoms with Crippen LogP contribution < -0.4 is 10.0 Å². The van der Waals surface area contributed by atoms with E-state index in [1.54, 1.807) is 23.4 Å². The Labute approximate surface area is 170 Å². The first kappa shape index (κ1) is 21.0. The number of halogens is 1. The number of anilines is 2. The van der Waals surface area contributed by atoms with Gasteiger partial charge < -0.3 is 10.4 Å². The van der Waals surface area contributed by atoms with Crippen LogP contribution in [0.25, 0.3) is 0 Å². The smallest absolute Gasteiger partial charge is 0.197 e. The molecule has 1 saturated heterocycles. The lowest BCUT2D eigenvalue weighted by Gasteiger charge is -2.28. The second-order valence-corrected chi connectivity index (χ2v) is 8.64. The Bertz CT molecular complexity index is 864. The zero-order valence-electron chi connectivity index (χ0n) is 15.9. The molecule has 1 atom stereocenters. The molecule has 0 radical (unpaired) electrons. The van der Waals surface area contributed by atoms with E-state index >= 15 is 0 Å². The molecule has 152 valence electrons. The lowest BCUT2D eigenvalue weighted by atomic mass is 10.1. The van der Waals surface area contributed by atoms with Gasteiger partial charge in [0, 0.05) is 31.5 Å². The molecule has 1 aliphatic rings. The molecule has 1 fully saturated rings. The number of benzene rings is 1. The minimum atomic E-state index is -1.35. The molecule has 7 nitrogen and oxygen atoms in total. The molecular formula is C18H24FN5O2S2. The van der Waals surface area contributed by atoms with Crippen molar-refractivity contribution in [2.45, 2.75) is 31.2 Å². The van der Waals surface area contributed by atoms with Crippen molar-refractivity contribution < 1.29 is 13.7 Å². The Balaban J connectivity index is 1.75. The topological polar surface area (TPSA) is 90.4 Å². The summed E-state index contributed by atoms with van der Waals surface area (Å²) in [5, 5.41) is 12.5. The summed E-state index contributed by atoms with van der Waals surface area (Å²) in [6.07, 6.45) is 1.03. The summed E-state index contributed by atoms with van der Waals surface area (Å²) < 4.78 is 31.4. The van der Waals surface area contributed by atoms with E-state index in [2.05, 4.69) is 20.0 Å². The van der Waals surface area contributed by atoms with E-state index in [1.807, 2.05) is 13.0 Å². The zero-order chi connectivity index (χ0) is 20.1. The average molecular weight is 426 g/mol. The molecule has 0 spiro atoms. The van der Waals surface area contributed by atoms with Gasteiger partial charge in [0.1, 0.15) is 17.5 Å². The van der Waals surface area contributed by atoms with E-state index in [0.29, 0.717) is 40.2 Å². The van der Waals surface area contributed by atoms with Crippen LogP contribution in [0.15, 0.2) is 23.4 Å². The van der Waals surface area contributed by atoms with Crippen LogP contribution in [0.5, 0.6) is 0 Å². The maximum atomic E-state index is 14.4. The maximum absolute atomic E-state index is 14.4. The second kappa shape index (κ2) is 9.64. The number of aliphatic hydroxyl groups is 1. The minimum Gasteiger partial charge on any atom is -0.395 e. The van der Waals surface area contributed by atoms with Gasteiger partial charge in [-0.15, -0.1) is 0 Å². The normalized spacial score (nSPS) is 15.1. The van der Waals surface area contributed by atoms with Gasteiger partial charge in [0.25, 0.3) is 0 Å². The standard InChI is InChI=1S/C18H24FN5O2S2/c1-12-4-5-14(17(19)13(12)2)11-27-18-21-15(20-6-9-25)10-16(22-18)23-28(26)24-7-3-8-24/h4-5,10,25H,3,6-9,11H2,1-2H3,(H2,20,21,22,23). The molecule has 3 N–H and O–H groups in total. The summed E-state index contributed by atoms with van der Waals surface area (Å²) in [7, 11) is 0. The highest BCUT2D eigenvalue weighted by Gasteiger charge is 2.21. The van der Waals surface area contributed by atoms with Crippen LogP contribution in [0.3, 0.4) is 0 Å². The minimum absolute atomic E-state index is 0.0389. The molecule has 0 amide bonds. The van der Waals surface area contributed by atoms with Crippen molar-refractivity contribution in [2.75, 3.05) is 36.3 Å². The number of hydrogen-bond donors (Lipinski definition) is 3. The van der Waals surface area contributed by atoms with E-state index in [0.717, 1.165) is 25.1 Å². The largest absolute Gasteiger partial charge is 0.395 e. The molecule has 3 rings (SSSR count). The molecule has 1 aromatic carbocycles. The summed E-state index contributed by atoms with van der Waals surface area (Å²) in [4.78, 5) is 8.80. The van der Waals surface area contributed by atoms with Crippen molar-refractivity contribution >= 4 is 34.6 Å². The monoisotopic (exact) mass is 425 g/mol. The van der Waals surface area contributed by atoms with E-state index in [1.165, 1.54) is 11.8 Å². The highest BCUT2D eigenvalue weighted by molar-refractivity contribution is 7.98. The van der Waals surface area contributed by atoms with Gasteiger partial charge in [-0.2, -0.15) is 0 Å². The summed E-state index contributed by atoms with van der Waals surface area (Å²) in [5.74, 6) is 1.10. The van der Waals surface area contributed by atoms with E-state index in [4.69, 9.17) is 5.11 Å².